The fourth-order valence-corrected chi connectivity index (χ4v) is 4.13. The van der Waals surface area contributed by atoms with Gasteiger partial charge in [0.25, 0.3) is 0 Å². The molecule has 1 amide bonds. The smallest absolute Gasteiger partial charge is 0.243 e. The molecule has 1 heterocycles. The monoisotopic (exact) mass is 339 g/mol. The third kappa shape index (κ3) is 4.76. The number of nitrogens with one attached hydrogen (secondary N) is 1. The van der Waals surface area contributed by atoms with Gasteiger partial charge >= 0.3 is 0 Å². The molecular weight excluding hydrogens is 314 g/mol. The molecule has 23 heavy (non-hydrogen) atoms. The summed E-state index contributed by atoms with van der Waals surface area (Å²) < 4.78 is 26.7. The number of nitrogens with two attached hydrogens (primary N) is 1. The van der Waals surface area contributed by atoms with Crippen LogP contribution in [0.3, 0.4) is 0 Å². The number of sulfonamides is 1. The lowest BCUT2D eigenvalue weighted by Crippen LogP contribution is -2.46. The maximum atomic E-state index is 12.6. The molecule has 0 saturated carbocycles. The Kier molecular flexibility index (Phi) is 6.15. The van der Waals surface area contributed by atoms with E-state index in [-0.39, 0.29) is 11.9 Å². The van der Waals surface area contributed by atoms with Gasteiger partial charge in [-0.15, -0.1) is 0 Å². The number of hydrogen-bond acceptors (Lipinski definition) is 4. The lowest BCUT2D eigenvalue weighted by atomic mass is 10.1. The van der Waals surface area contributed by atoms with Crippen LogP contribution in [0.2, 0.25) is 0 Å². The Balaban J connectivity index is 1.91. The van der Waals surface area contributed by atoms with Crippen molar-refractivity contribution in [2.75, 3.05) is 19.6 Å². The van der Waals surface area contributed by atoms with Crippen molar-refractivity contribution in [1.29, 1.82) is 0 Å². The summed E-state index contributed by atoms with van der Waals surface area (Å²) in [7, 11) is -3.44. The minimum atomic E-state index is -3.44. The van der Waals surface area contributed by atoms with E-state index in [0.29, 0.717) is 50.2 Å². The van der Waals surface area contributed by atoms with Gasteiger partial charge in [-0.1, -0.05) is 17.7 Å². The number of piperidine rings is 1. The molecule has 1 fully saturated rings. The summed E-state index contributed by atoms with van der Waals surface area (Å²) in [4.78, 5) is 12.0. The summed E-state index contributed by atoms with van der Waals surface area (Å²) in [5.41, 5.74) is 6.42. The summed E-state index contributed by atoms with van der Waals surface area (Å²) in [5, 5.41) is 2.96. The molecule has 0 aliphatic carbocycles. The molecule has 0 spiro atoms. The summed E-state index contributed by atoms with van der Waals surface area (Å²) in [6.07, 6.45) is 2.38. The zero-order valence-electron chi connectivity index (χ0n) is 13.5. The van der Waals surface area contributed by atoms with E-state index in [1.54, 1.807) is 24.3 Å². The first kappa shape index (κ1) is 17.9. The van der Waals surface area contributed by atoms with Gasteiger partial charge in [-0.3, -0.25) is 4.79 Å². The highest BCUT2D eigenvalue weighted by Crippen LogP contribution is 2.21. The third-order valence-electron chi connectivity index (χ3n) is 4.09. The van der Waals surface area contributed by atoms with Crippen LogP contribution in [0.4, 0.5) is 0 Å². The maximum absolute atomic E-state index is 12.6. The van der Waals surface area contributed by atoms with Crippen molar-refractivity contribution in [1.82, 2.24) is 9.62 Å². The first-order chi connectivity index (χ1) is 10.9. The minimum Gasteiger partial charge on any atom is -0.353 e. The molecule has 6 nitrogen and oxygen atoms in total. The van der Waals surface area contributed by atoms with E-state index in [1.807, 2.05) is 6.92 Å². The highest BCUT2D eigenvalue weighted by molar-refractivity contribution is 7.89. The Hall–Kier alpha value is -1.44. The molecular formula is C16H25N3O3S. The van der Waals surface area contributed by atoms with E-state index < -0.39 is 10.0 Å². The molecule has 7 heteroatoms. The van der Waals surface area contributed by atoms with Crippen LogP contribution in [0.5, 0.6) is 0 Å². The largest absolute Gasteiger partial charge is 0.353 e. The number of hydrogen-bond donors (Lipinski definition) is 2. The number of rotatable bonds is 6. The van der Waals surface area contributed by atoms with E-state index >= 15 is 0 Å². The van der Waals surface area contributed by atoms with Crippen LogP contribution in [0.15, 0.2) is 29.2 Å². The predicted octanol–water partition coefficient (Wildman–Crippen LogP) is 1.00. The highest BCUT2D eigenvalue weighted by Gasteiger charge is 2.29. The second-order valence-electron chi connectivity index (χ2n) is 5.95. The lowest BCUT2D eigenvalue weighted by Gasteiger charge is -2.31. The first-order valence-electron chi connectivity index (χ1n) is 7.99. The molecule has 1 aromatic rings. The van der Waals surface area contributed by atoms with Crippen LogP contribution in [-0.2, 0) is 14.8 Å². The fourth-order valence-electron chi connectivity index (χ4n) is 2.66. The zero-order chi connectivity index (χ0) is 16.9. The molecule has 0 radical (unpaired) electrons. The van der Waals surface area contributed by atoms with Crippen molar-refractivity contribution in [2.24, 2.45) is 5.73 Å². The van der Waals surface area contributed by atoms with Crippen molar-refractivity contribution in [3.05, 3.63) is 29.8 Å². The van der Waals surface area contributed by atoms with E-state index in [0.717, 1.165) is 5.56 Å². The second kappa shape index (κ2) is 7.90. The number of carbonyl (C=O) groups is 1. The highest BCUT2D eigenvalue weighted by atomic mass is 32.2. The SMILES string of the molecule is Cc1ccc(S(=O)(=O)N2CCC(NC(=O)CCCN)CC2)cc1. The van der Waals surface area contributed by atoms with E-state index in [4.69, 9.17) is 5.73 Å². The van der Waals surface area contributed by atoms with E-state index in [9.17, 15) is 13.2 Å². The Labute approximate surface area is 138 Å². The van der Waals surface area contributed by atoms with Gasteiger partial charge in [-0.2, -0.15) is 4.31 Å². The van der Waals surface area contributed by atoms with Crippen molar-refractivity contribution in [3.63, 3.8) is 0 Å². The van der Waals surface area contributed by atoms with Gasteiger partial charge in [-0.05, 0) is 44.9 Å². The molecule has 2 rings (SSSR count). The molecule has 0 aromatic heterocycles. The molecule has 1 aromatic carbocycles. The summed E-state index contributed by atoms with van der Waals surface area (Å²) in [6.45, 7) is 3.28. The second-order valence-corrected chi connectivity index (χ2v) is 7.89. The van der Waals surface area contributed by atoms with Crippen LogP contribution in [0.1, 0.15) is 31.2 Å². The number of aryl methyl sites for hydroxylation is 1. The van der Waals surface area contributed by atoms with Gasteiger partial charge in [0.1, 0.15) is 0 Å². The average molecular weight is 339 g/mol. The van der Waals surface area contributed by atoms with Gasteiger partial charge in [0.05, 0.1) is 4.90 Å². The van der Waals surface area contributed by atoms with Crippen molar-refractivity contribution < 1.29 is 13.2 Å². The Morgan fingerprint density at radius 2 is 1.87 bits per heavy atom. The first-order valence-corrected chi connectivity index (χ1v) is 9.44. The molecule has 3 N–H and O–H groups in total. The van der Waals surface area contributed by atoms with Crippen molar-refractivity contribution in [3.8, 4) is 0 Å². The topological polar surface area (TPSA) is 92.5 Å². The Morgan fingerprint density at radius 1 is 1.26 bits per heavy atom. The van der Waals surface area contributed by atoms with Gasteiger partial charge in [-0.25, -0.2) is 8.42 Å². The molecule has 128 valence electrons. The fraction of sp³-hybridized carbons (Fsp3) is 0.562. The van der Waals surface area contributed by atoms with Crippen molar-refractivity contribution >= 4 is 15.9 Å². The lowest BCUT2D eigenvalue weighted by molar-refractivity contribution is -0.122. The summed E-state index contributed by atoms with van der Waals surface area (Å²) in [5.74, 6) is -0.00436. The van der Waals surface area contributed by atoms with E-state index in [1.165, 1.54) is 4.31 Å². The van der Waals surface area contributed by atoms with Crippen molar-refractivity contribution in [2.45, 2.75) is 43.5 Å². The number of amides is 1. The van der Waals surface area contributed by atoms with Crippen LogP contribution < -0.4 is 11.1 Å². The Bertz CT molecular complexity index is 620. The van der Waals surface area contributed by atoms with Gasteiger partial charge in [0, 0.05) is 25.6 Å². The minimum absolute atomic E-state index is 0.00436. The Morgan fingerprint density at radius 3 is 2.43 bits per heavy atom. The van der Waals surface area contributed by atoms with Gasteiger partial charge in [0.2, 0.25) is 15.9 Å². The van der Waals surface area contributed by atoms with Gasteiger partial charge in [0.15, 0.2) is 0 Å². The molecule has 0 atom stereocenters. The molecule has 1 saturated heterocycles. The maximum Gasteiger partial charge on any atom is 0.243 e. The quantitative estimate of drug-likeness (QED) is 0.809. The summed E-state index contributed by atoms with van der Waals surface area (Å²) >= 11 is 0. The van der Waals surface area contributed by atoms with Crippen LogP contribution >= 0.6 is 0 Å². The number of benzene rings is 1. The number of carbonyl (C=O) groups excluding carboxylic acids is 1. The number of nitrogens with zero attached hydrogens (tertiary/aromatic N) is 1. The zero-order valence-corrected chi connectivity index (χ0v) is 14.3. The molecule has 0 unspecified atom stereocenters. The molecule has 1 aliphatic rings. The van der Waals surface area contributed by atoms with Gasteiger partial charge < -0.3 is 11.1 Å². The van der Waals surface area contributed by atoms with E-state index in [2.05, 4.69) is 5.32 Å². The normalized spacial score (nSPS) is 17.1. The van der Waals surface area contributed by atoms with Crippen LogP contribution in [-0.4, -0.2) is 44.3 Å². The van der Waals surface area contributed by atoms with Crippen LogP contribution in [0, 0.1) is 6.92 Å². The third-order valence-corrected chi connectivity index (χ3v) is 6.00. The summed E-state index contributed by atoms with van der Waals surface area (Å²) in [6, 6.07) is 6.94. The molecule has 0 bridgehead atoms. The van der Waals surface area contributed by atoms with Crippen LogP contribution in [0.25, 0.3) is 0 Å². The molecule has 1 aliphatic heterocycles. The predicted molar refractivity (Wildman–Crippen MR) is 89.4 cm³/mol. The average Bonchev–Trinajstić information content (AvgIpc) is 2.54. The standard InChI is InChI=1S/C16H25N3O3S/c1-13-4-6-15(7-5-13)23(21,22)19-11-8-14(9-12-19)18-16(20)3-2-10-17/h4-7,14H,2-3,8-12,17H2,1H3,(H,18,20).